The van der Waals surface area contributed by atoms with E-state index >= 15 is 0 Å². The highest BCUT2D eigenvalue weighted by Crippen LogP contribution is 2.50. The molecular weight excluding hydrogens is 349 g/mol. The molecule has 1 unspecified atom stereocenters. The molecule has 0 radical (unpaired) electrons. The van der Waals surface area contributed by atoms with E-state index < -0.39 is 0 Å². The van der Waals surface area contributed by atoms with Gasteiger partial charge in [-0.05, 0) is 51.9 Å². The number of nitrogens with one attached hydrogen (secondary N) is 1. The molecule has 0 saturated carbocycles. The molecule has 1 N–H and O–H groups in total. The second-order valence-electron chi connectivity index (χ2n) is 8.69. The fourth-order valence-electron chi connectivity index (χ4n) is 4.79. The molecule has 0 saturated heterocycles. The lowest BCUT2D eigenvalue weighted by Gasteiger charge is -2.40. The van der Waals surface area contributed by atoms with Crippen LogP contribution < -0.4 is 5.32 Å². The van der Waals surface area contributed by atoms with Gasteiger partial charge in [-0.2, -0.15) is 0 Å². The van der Waals surface area contributed by atoms with E-state index in [9.17, 15) is 9.18 Å². The Morgan fingerprint density at radius 1 is 0.964 bits per heavy atom. The molecule has 0 bridgehead atoms. The molecular formula is C25H22FNO. The number of benzene rings is 3. The first kappa shape index (κ1) is 17.2. The minimum atomic E-state index is -0.263. The quantitative estimate of drug-likeness (QED) is 0.553. The van der Waals surface area contributed by atoms with Crippen LogP contribution in [-0.4, -0.2) is 5.78 Å². The van der Waals surface area contributed by atoms with Crippen molar-refractivity contribution >= 4 is 22.2 Å². The summed E-state index contributed by atoms with van der Waals surface area (Å²) in [5, 5.41) is 5.84. The molecule has 1 aliphatic heterocycles. The molecule has 5 rings (SSSR count). The summed E-state index contributed by atoms with van der Waals surface area (Å²) in [6.07, 6.45) is 1.36. The van der Waals surface area contributed by atoms with Gasteiger partial charge in [-0.1, -0.05) is 56.3 Å². The van der Waals surface area contributed by atoms with Gasteiger partial charge in [-0.25, -0.2) is 4.39 Å². The van der Waals surface area contributed by atoms with Gasteiger partial charge in [0, 0.05) is 29.3 Å². The summed E-state index contributed by atoms with van der Waals surface area (Å²) in [6.45, 7) is 4.28. The zero-order valence-electron chi connectivity index (χ0n) is 16.1. The molecule has 2 nitrogen and oxygen atoms in total. The number of hydrogen-bond donors (Lipinski definition) is 1. The van der Waals surface area contributed by atoms with Crippen molar-refractivity contribution in [3.63, 3.8) is 0 Å². The summed E-state index contributed by atoms with van der Waals surface area (Å²) in [4.78, 5) is 13.3. The zero-order chi connectivity index (χ0) is 19.5. The summed E-state index contributed by atoms with van der Waals surface area (Å²) in [5.41, 5.74) is 4.90. The molecule has 3 aromatic rings. The van der Waals surface area contributed by atoms with Crippen LogP contribution in [0.3, 0.4) is 0 Å². The number of carbonyl (C=O) groups is 1. The van der Waals surface area contributed by atoms with Crippen LogP contribution in [-0.2, 0) is 4.79 Å². The van der Waals surface area contributed by atoms with E-state index in [0.717, 1.165) is 45.3 Å². The first-order chi connectivity index (χ1) is 13.4. The monoisotopic (exact) mass is 371 g/mol. The first-order valence-corrected chi connectivity index (χ1v) is 9.73. The average molecular weight is 371 g/mol. The fourth-order valence-corrected chi connectivity index (χ4v) is 4.79. The van der Waals surface area contributed by atoms with Crippen molar-refractivity contribution in [3.8, 4) is 0 Å². The van der Waals surface area contributed by atoms with Crippen molar-refractivity contribution < 1.29 is 9.18 Å². The van der Waals surface area contributed by atoms with Gasteiger partial charge in [0.25, 0.3) is 0 Å². The number of halogens is 1. The second-order valence-corrected chi connectivity index (χ2v) is 8.69. The van der Waals surface area contributed by atoms with Crippen molar-refractivity contribution in [1.82, 2.24) is 0 Å². The predicted molar refractivity (Wildman–Crippen MR) is 111 cm³/mol. The zero-order valence-corrected chi connectivity index (χ0v) is 16.1. The molecule has 0 fully saturated rings. The Balaban J connectivity index is 1.81. The third kappa shape index (κ3) is 2.65. The number of hydrogen-bond acceptors (Lipinski definition) is 2. The fraction of sp³-hybridized carbons (Fsp3) is 0.240. The minimum absolute atomic E-state index is 0.0649. The van der Waals surface area contributed by atoms with E-state index in [1.165, 1.54) is 12.1 Å². The second kappa shape index (κ2) is 6.03. The van der Waals surface area contributed by atoms with E-state index in [0.29, 0.717) is 6.42 Å². The van der Waals surface area contributed by atoms with Crippen LogP contribution in [0.1, 0.15) is 43.7 Å². The SMILES string of the molecule is CC1(C)CC(=O)C2=C(C1)Nc1ccc3ccccc3c1C2c1ccc(F)cc1. The molecule has 3 heteroatoms. The molecule has 1 aliphatic carbocycles. The van der Waals surface area contributed by atoms with E-state index in [4.69, 9.17) is 0 Å². The Morgan fingerprint density at radius 2 is 1.71 bits per heavy atom. The smallest absolute Gasteiger partial charge is 0.162 e. The maximum absolute atomic E-state index is 13.6. The van der Waals surface area contributed by atoms with Gasteiger partial charge in [0.2, 0.25) is 0 Å². The van der Waals surface area contributed by atoms with Crippen molar-refractivity contribution in [3.05, 3.63) is 88.9 Å². The topological polar surface area (TPSA) is 29.1 Å². The van der Waals surface area contributed by atoms with Gasteiger partial charge < -0.3 is 5.32 Å². The number of fused-ring (bicyclic) bond motifs is 3. The summed E-state index contributed by atoms with van der Waals surface area (Å²) >= 11 is 0. The Hall–Kier alpha value is -2.94. The number of rotatable bonds is 1. The third-order valence-corrected chi connectivity index (χ3v) is 5.96. The highest BCUT2D eigenvalue weighted by atomic mass is 19.1. The van der Waals surface area contributed by atoms with Crippen LogP contribution in [0.25, 0.3) is 10.8 Å². The maximum atomic E-state index is 13.6. The van der Waals surface area contributed by atoms with Crippen molar-refractivity contribution in [2.45, 2.75) is 32.6 Å². The molecule has 1 heterocycles. The molecule has 1 atom stereocenters. The van der Waals surface area contributed by atoms with E-state index in [-0.39, 0.29) is 22.9 Å². The van der Waals surface area contributed by atoms with E-state index in [2.05, 4.69) is 43.4 Å². The maximum Gasteiger partial charge on any atom is 0.162 e. The predicted octanol–water partition coefficient (Wildman–Crippen LogP) is 6.18. The van der Waals surface area contributed by atoms with Crippen molar-refractivity contribution in [2.24, 2.45) is 5.41 Å². The van der Waals surface area contributed by atoms with E-state index in [1.54, 1.807) is 0 Å². The van der Waals surface area contributed by atoms with Crippen LogP contribution >= 0.6 is 0 Å². The number of Topliss-reactive ketones (excluding diaryl/α,β-unsaturated/α-hetero) is 1. The molecule has 0 spiro atoms. The number of ketones is 1. The number of carbonyl (C=O) groups excluding carboxylic acids is 1. The molecule has 2 aliphatic rings. The summed E-state index contributed by atoms with van der Waals surface area (Å²) in [5.74, 6) is -0.255. The highest BCUT2D eigenvalue weighted by molar-refractivity contribution is 6.04. The molecule has 0 amide bonds. The Bertz CT molecular complexity index is 1140. The highest BCUT2D eigenvalue weighted by Gasteiger charge is 2.41. The molecule has 0 aromatic heterocycles. The first-order valence-electron chi connectivity index (χ1n) is 9.73. The lowest BCUT2D eigenvalue weighted by Crippen LogP contribution is -2.33. The van der Waals surface area contributed by atoms with Gasteiger partial charge in [0.15, 0.2) is 5.78 Å². The van der Waals surface area contributed by atoms with Gasteiger partial charge in [-0.3, -0.25) is 4.79 Å². The van der Waals surface area contributed by atoms with Gasteiger partial charge in [-0.15, -0.1) is 0 Å². The third-order valence-electron chi connectivity index (χ3n) is 5.96. The minimum Gasteiger partial charge on any atom is -0.358 e. The van der Waals surface area contributed by atoms with E-state index in [1.807, 2.05) is 24.3 Å². The molecule has 3 aromatic carbocycles. The largest absolute Gasteiger partial charge is 0.358 e. The van der Waals surface area contributed by atoms with Crippen molar-refractivity contribution in [1.29, 1.82) is 0 Å². The molecule has 28 heavy (non-hydrogen) atoms. The van der Waals surface area contributed by atoms with Crippen LogP contribution in [0, 0.1) is 11.2 Å². The van der Waals surface area contributed by atoms with Crippen LogP contribution in [0.2, 0.25) is 0 Å². The van der Waals surface area contributed by atoms with Crippen LogP contribution in [0.5, 0.6) is 0 Å². The standard InChI is InChI=1S/C25H22FNO/c1-25(2)13-20-24(21(28)14-25)22(16-7-10-17(26)11-8-16)23-18-6-4-3-5-15(18)9-12-19(23)27-20/h3-12,22,27H,13-14H2,1-2H3. The lowest BCUT2D eigenvalue weighted by molar-refractivity contribution is -0.118. The summed E-state index contributed by atoms with van der Waals surface area (Å²) in [6, 6.07) is 19.1. The van der Waals surface area contributed by atoms with Crippen LogP contribution in [0.15, 0.2) is 71.9 Å². The number of allylic oxidation sites excluding steroid dienone is 2. The van der Waals surface area contributed by atoms with Gasteiger partial charge >= 0.3 is 0 Å². The summed E-state index contributed by atoms with van der Waals surface area (Å²) < 4.78 is 13.6. The Morgan fingerprint density at radius 3 is 2.50 bits per heavy atom. The van der Waals surface area contributed by atoms with Gasteiger partial charge in [0.1, 0.15) is 5.82 Å². The van der Waals surface area contributed by atoms with Crippen LogP contribution in [0.4, 0.5) is 10.1 Å². The summed E-state index contributed by atoms with van der Waals surface area (Å²) in [7, 11) is 0. The average Bonchev–Trinajstić information content (AvgIpc) is 2.66. The van der Waals surface area contributed by atoms with Gasteiger partial charge in [0.05, 0.1) is 0 Å². The Labute approximate surface area is 164 Å². The molecule has 140 valence electrons. The number of anilines is 1. The van der Waals surface area contributed by atoms with Crippen molar-refractivity contribution in [2.75, 3.05) is 5.32 Å². The normalized spacial score (nSPS) is 20.5. The Kier molecular flexibility index (Phi) is 3.70. The lowest BCUT2D eigenvalue weighted by atomic mass is 9.68.